The minimum absolute atomic E-state index is 0.0418. The van der Waals surface area contributed by atoms with E-state index < -0.39 is 21.7 Å². The second-order valence-corrected chi connectivity index (χ2v) is 6.96. The molecule has 2 aromatic rings. The van der Waals surface area contributed by atoms with Crippen molar-refractivity contribution in [2.24, 2.45) is 0 Å². The topological polar surface area (TPSA) is 171 Å². The third kappa shape index (κ3) is 8.49. The number of para-hydroxylation sites is 2. The van der Waals surface area contributed by atoms with Crippen molar-refractivity contribution in [1.29, 1.82) is 0 Å². The average molecular weight is 523 g/mol. The molecular formula is C20H19BrN4O8. The molecule has 0 fully saturated rings. The van der Waals surface area contributed by atoms with Gasteiger partial charge in [0.15, 0.2) is 0 Å². The summed E-state index contributed by atoms with van der Waals surface area (Å²) in [5.74, 6) is -1.39. The van der Waals surface area contributed by atoms with Crippen LogP contribution in [0.1, 0.15) is 19.4 Å². The molecule has 0 bridgehead atoms. The maximum atomic E-state index is 11.1. The van der Waals surface area contributed by atoms with Gasteiger partial charge in [0.05, 0.1) is 17.0 Å². The Bertz CT molecular complexity index is 1120. The first-order valence-electron chi connectivity index (χ1n) is 8.99. The number of ether oxygens (including phenoxy) is 1. The van der Waals surface area contributed by atoms with Crippen molar-refractivity contribution in [2.45, 2.75) is 13.8 Å². The number of nitrogens with zero attached hydrogens (tertiary/aromatic N) is 2. The van der Waals surface area contributed by atoms with E-state index in [1.165, 1.54) is 57.4 Å². The average Bonchev–Trinajstić information content (AvgIpc) is 2.73. The van der Waals surface area contributed by atoms with Gasteiger partial charge in [-0.15, -0.1) is 0 Å². The van der Waals surface area contributed by atoms with Gasteiger partial charge in [0.1, 0.15) is 11.4 Å². The molecule has 0 aliphatic carbocycles. The Hall–Kier alpha value is -4.13. The largest absolute Gasteiger partial charge is 0.466 e. The molecule has 0 aliphatic heterocycles. The molecule has 13 heteroatoms. The molecule has 0 saturated carbocycles. The number of halogens is 1. The highest BCUT2D eigenvalue weighted by Crippen LogP contribution is 2.32. The molecule has 0 spiro atoms. The molecule has 0 heterocycles. The fourth-order valence-corrected chi connectivity index (χ4v) is 2.81. The number of hydrogen-bond donors (Lipinski definition) is 2. The van der Waals surface area contributed by atoms with Crippen LogP contribution >= 0.6 is 15.9 Å². The summed E-state index contributed by atoms with van der Waals surface area (Å²) in [6, 6.07) is 8.75. The molecule has 2 amide bonds. The number of nitro groups is 2. The van der Waals surface area contributed by atoms with E-state index in [2.05, 4.69) is 31.3 Å². The number of benzene rings is 2. The predicted octanol–water partition coefficient (Wildman–Crippen LogP) is 4.06. The molecule has 12 nitrogen and oxygen atoms in total. The van der Waals surface area contributed by atoms with Gasteiger partial charge in [0.2, 0.25) is 11.8 Å². The van der Waals surface area contributed by atoms with Gasteiger partial charge in [-0.3, -0.25) is 29.8 Å². The molecule has 0 saturated heterocycles. The van der Waals surface area contributed by atoms with Crippen LogP contribution in [0, 0.1) is 20.2 Å². The molecule has 0 aromatic heterocycles. The van der Waals surface area contributed by atoms with Gasteiger partial charge in [-0.25, -0.2) is 4.79 Å². The second kappa shape index (κ2) is 12.7. The van der Waals surface area contributed by atoms with Crippen LogP contribution in [0.3, 0.4) is 0 Å². The van der Waals surface area contributed by atoms with Crippen molar-refractivity contribution in [3.05, 3.63) is 72.7 Å². The van der Waals surface area contributed by atoms with Crippen molar-refractivity contribution < 1.29 is 29.0 Å². The Morgan fingerprint density at radius 1 is 0.909 bits per heavy atom. The zero-order chi connectivity index (χ0) is 25.1. The van der Waals surface area contributed by atoms with Crippen molar-refractivity contribution in [1.82, 2.24) is 0 Å². The van der Waals surface area contributed by atoms with Crippen LogP contribution in [-0.2, 0) is 19.1 Å². The van der Waals surface area contributed by atoms with Gasteiger partial charge < -0.3 is 15.4 Å². The first-order valence-corrected chi connectivity index (χ1v) is 9.78. The van der Waals surface area contributed by atoms with Crippen LogP contribution in [0.4, 0.5) is 22.7 Å². The van der Waals surface area contributed by atoms with E-state index in [-0.39, 0.29) is 28.7 Å². The minimum Gasteiger partial charge on any atom is -0.466 e. The number of hydrogen-bond acceptors (Lipinski definition) is 8. The lowest BCUT2D eigenvalue weighted by Crippen LogP contribution is -2.09. The molecule has 0 atom stereocenters. The Labute approximate surface area is 196 Å². The van der Waals surface area contributed by atoms with Crippen molar-refractivity contribution >= 4 is 62.5 Å². The van der Waals surface area contributed by atoms with E-state index in [4.69, 9.17) is 0 Å². The summed E-state index contributed by atoms with van der Waals surface area (Å²) in [5.41, 5.74) is 0.191. The fourth-order valence-electron chi connectivity index (χ4n) is 2.35. The molecular weight excluding hydrogens is 504 g/mol. The van der Waals surface area contributed by atoms with E-state index >= 15 is 0 Å². The van der Waals surface area contributed by atoms with Gasteiger partial charge in [-0.2, -0.15) is 0 Å². The maximum absolute atomic E-state index is 11.1. The number of nitrogens with one attached hydrogen (secondary N) is 2. The van der Waals surface area contributed by atoms with Crippen molar-refractivity contribution in [3.8, 4) is 0 Å². The lowest BCUT2D eigenvalue weighted by atomic mass is 10.1. The molecule has 174 valence electrons. The number of anilines is 2. The van der Waals surface area contributed by atoms with Crippen LogP contribution in [0.2, 0.25) is 0 Å². The summed E-state index contributed by atoms with van der Waals surface area (Å²) >= 11 is 3.12. The molecule has 33 heavy (non-hydrogen) atoms. The molecule has 0 unspecified atom stereocenters. The third-order valence-corrected chi connectivity index (χ3v) is 4.32. The number of amides is 2. The highest BCUT2D eigenvalue weighted by molar-refractivity contribution is 9.10. The molecule has 2 N–H and O–H groups in total. The summed E-state index contributed by atoms with van der Waals surface area (Å²) in [7, 11) is 1.22. The van der Waals surface area contributed by atoms with Crippen LogP contribution < -0.4 is 10.6 Å². The first kappa shape index (κ1) is 26.9. The fraction of sp³-hybridized carbons (Fsp3) is 0.150. The Morgan fingerprint density at radius 3 is 1.88 bits per heavy atom. The van der Waals surface area contributed by atoms with Gasteiger partial charge in [-0.05, 0) is 28.1 Å². The smallest absolute Gasteiger partial charge is 0.330 e. The standard InChI is InChI=1S/C12H12N2O5.C8H7BrN2O3/c1-8(15)13-12-9(6-7-11(16)19-2)4-3-5-10(12)14(17)18;1-5(12)10-8-6(9)3-2-4-7(8)11(13)14/h3-7H,1-2H3,(H,13,15);2-4H,1H3,(H,10,12). The van der Waals surface area contributed by atoms with E-state index in [1.807, 2.05) is 0 Å². The summed E-state index contributed by atoms with van der Waals surface area (Å²) in [6.07, 6.45) is 2.45. The monoisotopic (exact) mass is 522 g/mol. The summed E-state index contributed by atoms with van der Waals surface area (Å²) in [5, 5.41) is 26.3. The van der Waals surface area contributed by atoms with Crippen LogP contribution in [0.5, 0.6) is 0 Å². The van der Waals surface area contributed by atoms with Crippen LogP contribution in [0.15, 0.2) is 46.9 Å². The normalized spacial score (nSPS) is 9.94. The lowest BCUT2D eigenvalue weighted by Gasteiger charge is -2.07. The number of nitro benzene ring substituents is 2. The summed E-state index contributed by atoms with van der Waals surface area (Å²) in [4.78, 5) is 53.2. The number of carbonyl (C=O) groups excluding carboxylic acids is 3. The minimum atomic E-state index is -0.610. The zero-order valence-corrected chi connectivity index (χ0v) is 19.2. The number of rotatable bonds is 6. The highest BCUT2D eigenvalue weighted by Gasteiger charge is 2.18. The van der Waals surface area contributed by atoms with Crippen molar-refractivity contribution in [2.75, 3.05) is 17.7 Å². The van der Waals surface area contributed by atoms with Crippen molar-refractivity contribution in [3.63, 3.8) is 0 Å². The lowest BCUT2D eigenvalue weighted by molar-refractivity contribution is -0.384. The molecule has 0 radical (unpaired) electrons. The van der Waals surface area contributed by atoms with Gasteiger partial charge in [0, 0.05) is 42.1 Å². The quantitative estimate of drug-likeness (QED) is 0.247. The van der Waals surface area contributed by atoms with Gasteiger partial charge >= 0.3 is 5.97 Å². The Morgan fingerprint density at radius 2 is 1.39 bits per heavy atom. The number of carbonyl (C=O) groups is 3. The van der Waals surface area contributed by atoms with Crippen LogP contribution in [-0.4, -0.2) is 34.7 Å². The Kier molecular flexibility index (Phi) is 10.3. The summed E-state index contributed by atoms with van der Waals surface area (Å²) in [6.45, 7) is 2.54. The summed E-state index contributed by atoms with van der Waals surface area (Å²) < 4.78 is 4.91. The van der Waals surface area contributed by atoms with E-state index in [0.29, 0.717) is 10.0 Å². The maximum Gasteiger partial charge on any atom is 0.330 e. The second-order valence-electron chi connectivity index (χ2n) is 6.11. The van der Waals surface area contributed by atoms with Crippen LogP contribution in [0.25, 0.3) is 6.08 Å². The van der Waals surface area contributed by atoms with E-state index in [0.717, 1.165) is 6.08 Å². The highest BCUT2D eigenvalue weighted by atomic mass is 79.9. The molecule has 2 aromatic carbocycles. The SMILES string of the molecule is CC(=O)Nc1c(Br)cccc1[N+](=O)[O-].COC(=O)C=Cc1cccc([N+](=O)[O-])c1NC(C)=O. The first-order chi connectivity index (χ1) is 15.5. The van der Waals surface area contributed by atoms with E-state index in [9.17, 15) is 34.6 Å². The number of methoxy groups -OCH3 is 1. The van der Waals surface area contributed by atoms with Gasteiger partial charge in [-0.1, -0.05) is 18.2 Å². The molecule has 2 rings (SSSR count). The third-order valence-electron chi connectivity index (χ3n) is 3.66. The van der Waals surface area contributed by atoms with Gasteiger partial charge in [0.25, 0.3) is 11.4 Å². The van der Waals surface area contributed by atoms with E-state index in [1.54, 1.807) is 6.07 Å². The predicted molar refractivity (Wildman–Crippen MR) is 124 cm³/mol. The molecule has 0 aliphatic rings. The Balaban J connectivity index is 0.000000346. The number of esters is 1. The zero-order valence-electron chi connectivity index (χ0n) is 17.7.